The molecule has 1 heterocycles. The number of hydrogen-bond acceptors (Lipinski definition) is 2. The Hall–Kier alpha value is -2.31. The SMILES string of the molecule is CC(C)n1c(=O)ccc2cc(C(=O)O)cc(C(F)(F)F)c21. The molecule has 4 nitrogen and oxygen atoms in total. The molecule has 1 aromatic heterocycles. The second kappa shape index (κ2) is 4.91. The fourth-order valence-corrected chi connectivity index (χ4v) is 2.26. The molecular formula is C14H12F3NO3. The summed E-state index contributed by atoms with van der Waals surface area (Å²) in [5.41, 5.74) is -2.45. The van der Waals surface area contributed by atoms with Gasteiger partial charge in [0.1, 0.15) is 0 Å². The molecule has 1 N–H and O–H groups in total. The number of rotatable bonds is 2. The summed E-state index contributed by atoms with van der Waals surface area (Å²) in [6.07, 6.45) is -4.76. The Kier molecular flexibility index (Phi) is 3.52. The Morgan fingerprint density at radius 3 is 2.33 bits per heavy atom. The molecule has 0 atom stereocenters. The molecule has 0 saturated carbocycles. The van der Waals surface area contributed by atoms with Crippen LogP contribution in [0.4, 0.5) is 13.2 Å². The van der Waals surface area contributed by atoms with E-state index < -0.39 is 34.9 Å². The number of pyridine rings is 1. The van der Waals surface area contributed by atoms with Gasteiger partial charge in [0.2, 0.25) is 0 Å². The highest BCUT2D eigenvalue weighted by molar-refractivity contribution is 5.95. The Morgan fingerprint density at radius 1 is 1.24 bits per heavy atom. The van der Waals surface area contributed by atoms with Crippen LogP contribution >= 0.6 is 0 Å². The van der Waals surface area contributed by atoms with Gasteiger partial charge < -0.3 is 9.67 Å². The van der Waals surface area contributed by atoms with Gasteiger partial charge in [0.25, 0.3) is 5.56 Å². The van der Waals surface area contributed by atoms with Gasteiger partial charge in [0, 0.05) is 12.1 Å². The summed E-state index contributed by atoms with van der Waals surface area (Å²) >= 11 is 0. The number of aromatic carboxylic acids is 1. The molecule has 0 aliphatic rings. The number of carboxylic acids is 1. The first kappa shape index (κ1) is 15.1. The van der Waals surface area contributed by atoms with Crippen molar-refractivity contribution in [2.24, 2.45) is 0 Å². The van der Waals surface area contributed by atoms with E-state index in [0.29, 0.717) is 6.07 Å². The third kappa shape index (κ3) is 2.63. The maximum absolute atomic E-state index is 13.2. The minimum Gasteiger partial charge on any atom is -0.478 e. The molecule has 0 bridgehead atoms. The molecule has 2 rings (SSSR count). The Balaban J connectivity index is 3.04. The summed E-state index contributed by atoms with van der Waals surface area (Å²) in [6.45, 7) is 3.18. The lowest BCUT2D eigenvalue weighted by Gasteiger charge is -2.19. The van der Waals surface area contributed by atoms with Crippen molar-refractivity contribution < 1.29 is 23.1 Å². The van der Waals surface area contributed by atoms with E-state index in [1.807, 2.05) is 0 Å². The summed E-state index contributed by atoms with van der Waals surface area (Å²) in [6, 6.07) is 3.54. The number of nitrogens with zero attached hydrogens (tertiary/aromatic N) is 1. The highest BCUT2D eigenvalue weighted by Gasteiger charge is 2.35. The van der Waals surface area contributed by atoms with E-state index in [4.69, 9.17) is 5.11 Å². The van der Waals surface area contributed by atoms with Crippen molar-refractivity contribution in [2.75, 3.05) is 0 Å². The summed E-state index contributed by atoms with van der Waals surface area (Å²) < 4.78 is 40.7. The monoisotopic (exact) mass is 299 g/mol. The lowest BCUT2D eigenvalue weighted by molar-refractivity contribution is -0.136. The van der Waals surface area contributed by atoms with Crippen molar-refractivity contribution in [3.63, 3.8) is 0 Å². The van der Waals surface area contributed by atoms with E-state index in [0.717, 1.165) is 16.7 Å². The maximum atomic E-state index is 13.2. The molecule has 7 heteroatoms. The van der Waals surface area contributed by atoms with Crippen LogP contribution in [0.3, 0.4) is 0 Å². The number of benzene rings is 1. The summed E-state index contributed by atoms with van der Waals surface area (Å²) in [4.78, 5) is 22.8. The van der Waals surface area contributed by atoms with Gasteiger partial charge in [-0.2, -0.15) is 13.2 Å². The average Bonchev–Trinajstić information content (AvgIpc) is 2.35. The van der Waals surface area contributed by atoms with Crippen LogP contribution in [0.2, 0.25) is 0 Å². The predicted octanol–water partition coefficient (Wildman–Crippen LogP) is 3.30. The van der Waals surface area contributed by atoms with Crippen LogP contribution in [0, 0.1) is 0 Å². The average molecular weight is 299 g/mol. The molecule has 0 saturated heterocycles. The molecule has 0 fully saturated rings. The minimum atomic E-state index is -4.76. The topological polar surface area (TPSA) is 59.3 Å². The predicted molar refractivity (Wildman–Crippen MR) is 70.6 cm³/mol. The lowest BCUT2D eigenvalue weighted by Crippen LogP contribution is -2.24. The molecule has 112 valence electrons. The molecule has 0 unspecified atom stereocenters. The molecule has 0 amide bonds. The van der Waals surface area contributed by atoms with E-state index >= 15 is 0 Å². The minimum absolute atomic E-state index is 0.0653. The zero-order valence-electron chi connectivity index (χ0n) is 11.2. The second-order valence-corrected chi connectivity index (χ2v) is 4.90. The van der Waals surface area contributed by atoms with E-state index in [1.54, 1.807) is 13.8 Å². The van der Waals surface area contributed by atoms with E-state index in [9.17, 15) is 22.8 Å². The summed E-state index contributed by atoms with van der Waals surface area (Å²) in [5.74, 6) is -1.45. The first-order valence-electron chi connectivity index (χ1n) is 6.12. The zero-order chi connectivity index (χ0) is 15.9. The molecule has 1 aromatic carbocycles. The quantitative estimate of drug-likeness (QED) is 0.925. The standard InChI is InChI=1S/C14H12F3NO3/c1-7(2)18-11(19)4-3-8-5-9(13(20)21)6-10(12(8)18)14(15,16)17/h3-7H,1-2H3,(H,20,21). The molecule has 0 aliphatic heterocycles. The van der Waals surface area contributed by atoms with Crippen molar-refractivity contribution in [2.45, 2.75) is 26.1 Å². The smallest absolute Gasteiger partial charge is 0.418 e. The number of hydrogen-bond donors (Lipinski definition) is 1. The van der Waals surface area contributed by atoms with Gasteiger partial charge in [0.05, 0.1) is 16.6 Å². The largest absolute Gasteiger partial charge is 0.478 e. The van der Waals surface area contributed by atoms with Crippen molar-refractivity contribution in [3.8, 4) is 0 Å². The molecule has 21 heavy (non-hydrogen) atoms. The number of carboxylic acid groups (broad SMARTS) is 1. The molecule has 0 radical (unpaired) electrons. The van der Waals surface area contributed by atoms with Crippen LogP contribution in [0.5, 0.6) is 0 Å². The summed E-state index contributed by atoms with van der Waals surface area (Å²) in [7, 11) is 0. The van der Waals surface area contributed by atoms with Gasteiger partial charge in [-0.05, 0) is 37.4 Å². The third-order valence-electron chi connectivity index (χ3n) is 3.09. The highest BCUT2D eigenvalue weighted by Crippen LogP contribution is 2.36. The van der Waals surface area contributed by atoms with Crippen LogP contribution in [-0.4, -0.2) is 15.6 Å². The van der Waals surface area contributed by atoms with Crippen molar-refractivity contribution >= 4 is 16.9 Å². The summed E-state index contributed by atoms with van der Waals surface area (Å²) in [5, 5.41) is 9.00. The van der Waals surface area contributed by atoms with Gasteiger partial charge in [-0.3, -0.25) is 4.79 Å². The fraction of sp³-hybridized carbons (Fsp3) is 0.286. The normalized spacial score (nSPS) is 12.1. The first-order chi connectivity index (χ1) is 9.62. The Labute approximate surface area is 117 Å². The van der Waals surface area contributed by atoms with Crippen LogP contribution in [0.25, 0.3) is 10.9 Å². The van der Waals surface area contributed by atoms with Crippen LogP contribution in [-0.2, 0) is 6.18 Å². The highest BCUT2D eigenvalue weighted by atomic mass is 19.4. The molecule has 0 spiro atoms. The van der Waals surface area contributed by atoms with Crippen LogP contribution < -0.4 is 5.56 Å². The van der Waals surface area contributed by atoms with Gasteiger partial charge in [-0.1, -0.05) is 0 Å². The van der Waals surface area contributed by atoms with Gasteiger partial charge in [0.15, 0.2) is 0 Å². The van der Waals surface area contributed by atoms with Gasteiger partial charge in [-0.15, -0.1) is 0 Å². The van der Waals surface area contributed by atoms with E-state index in [1.165, 1.54) is 6.07 Å². The van der Waals surface area contributed by atoms with Crippen molar-refractivity contribution in [1.29, 1.82) is 0 Å². The zero-order valence-corrected chi connectivity index (χ0v) is 11.2. The maximum Gasteiger partial charge on any atom is 0.418 e. The Morgan fingerprint density at radius 2 is 1.86 bits per heavy atom. The number of fused-ring (bicyclic) bond motifs is 1. The number of aromatic nitrogens is 1. The molecule has 0 aliphatic carbocycles. The number of halogens is 3. The van der Waals surface area contributed by atoms with Crippen LogP contribution in [0.1, 0.15) is 35.8 Å². The van der Waals surface area contributed by atoms with Gasteiger partial charge in [-0.25, -0.2) is 4.79 Å². The molecular weight excluding hydrogens is 287 g/mol. The Bertz CT molecular complexity index is 775. The molecule has 2 aromatic rings. The van der Waals surface area contributed by atoms with E-state index in [-0.39, 0.29) is 10.9 Å². The van der Waals surface area contributed by atoms with Crippen molar-refractivity contribution in [1.82, 2.24) is 4.57 Å². The van der Waals surface area contributed by atoms with Gasteiger partial charge >= 0.3 is 12.1 Å². The fourth-order valence-electron chi connectivity index (χ4n) is 2.26. The van der Waals surface area contributed by atoms with Crippen LogP contribution in [0.15, 0.2) is 29.1 Å². The lowest BCUT2D eigenvalue weighted by atomic mass is 10.0. The first-order valence-corrected chi connectivity index (χ1v) is 6.12. The third-order valence-corrected chi connectivity index (χ3v) is 3.09. The number of carbonyl (C=O) groups is 1. The number of alkyl halides is 3. The van der Waals surface area contributed by atoms with E-state index in [2.05, 4.69) is 0 Å². The second-order valence-electron chi connectivity index (χ2n) is 4.90. The van der Waals surface area contributed by atoms with Crippen molar-refractivity contribution in [3.05, 3.63) is 45.7 Å².